The van der Waals surface area contributed by atoms with E-state index in [9.17, 15) is 0 Å². The monoisotopic (exact) mass is 458 g/mol. The minimum atomic E-state index is 0.590. The van der Waals surface area contributed by atoms with Gasteiger partial charge in [-0.1, -0.05) is 37.6 Å². The first-order valence-electron chi connectivity index (χ1n) is 13.1. The summed E-state index contributed by atoms with van der Waals surface area (Å²) >= 11 is 0. The molecule has 1 heterocycles. The zero-order chi connectivity index (χ0) is 25.5. The normalized spacial score (nSPS) is 22.9. The maximum atomic E-state index is 5.96. The van der Waals surface area contributed by atoms with Crippen LogP contribution in [0.25, 0.3) is 5.57 Å². The summed E-state index contributed by atoms with van der Waals surface area (Å²) in [6.45, 7) is 27.0. The number of ether oxygens (including phenoxy) is 1. The van der Waals surface area contributed by atoms with E-state index in [2.05, 4.69) is 101 Å². The summed E-state index contributed by atoms with van der Waals surface area (Å²) in [5, 5.41) is 0. The Balaban J connectivity index is 2.03. The number of rotatable bonds is 4. The number of aryl methyl sites for hydroxylation is 2. The Morgan fingerprint density at radius 1 is 0.882 bits per heavy atom. The fourth-order valence-electron chi connectivity index (χ4n) is 6.40. The Hall–Kier alpha value is -2.28. The van der Waals surface area contributed by atoms with Crippen LogP contribution in [0, 0.1) is 45.4 Å². The van der Waals surface area contributed by atoms with Gasteiger partial charge in [0.15, 0.2) is 0 Å². The molecule has 1 nitrogen and oxygen atoms in total. The summed E-state index contributed by atoms with van der Waals surface area (Å²) in [5.74, 6) is 3.85. The van der Waals surface area contributed by atoms with Gasteiger partial charge in [-0.2, -0.15) is 0 Å². The summed E-state index contributed by atoms with van der Waals surface area (Å²) in [7, 11) is 0. The standard InChI is InChI=1S/C33H46O/c1-18(2)31-29(16-21(5)32-23(7)19(3)15-20(4)24(32)8)13-14-30(31)17-22(6)33-25(9)27(11)34-28(12)26(33)10/h15-18,29,31H,13-14H2,1-12H3/b21-16+,30-17-. The third-order valence-corrected chi connectivity index (χ3v) is 8.51. The predicted octanol–water partition coefficient (Wildman–Crippen LogP) is 9.87. The molecule has 0 spiro atoms. The molecule has 2 unspecified atom stereocenters. The van der Waals surface area contributed by atoms with Crippen LogP contribution in [-0.4, -0.2) is 0 Å². The van der Waals surface area contributed by atoms with E-state index in [1.807, 2.05) is 0 Å². The van der Waals surface area contributed by atoms with E-state index in [4.69, 9.17) is 4.74 Å². The van der Waals surface area contributed by atoms with Gasteiger partial charge in [-0.05, 0) is 156 Å². The maximum absolute atomic E-state index is 5.96. The molecule has 2 atom stereocenters. The molecule has 2 aliphatic rings. The van der Waals surface area contributed by atoms with Gasteiger partial charge in [0.05, 0.1) is 0 Å². The van der Waals surface area contributed by atoms with Crippen molar-refractivity contribution < 1.29 is 4.74 Å². The van der Waals surface area contributed by atoms with Gasteiger partial charge in [0, 0.05) is 0 Å². The van der Waals surface area contributed by atoms with E-state index in [1.54, 1.807) is 5.57 Å². The van der Waals surface area contributed by atoms with Gasteiger partial charge >= 0.3 is 0 Å². The lowest BCUT2D eigenvalue weighted by atomic mass is 9.80. The Kier molecular flexibility index (Phi) is 7.85. The van der Waals surface area contributed by atoms with Gasteiger partial charge in [0.2, 0.25) is 0 Å². The quantitative estimate of drug-likeness (QED) is 0.436. The van der Waals surface area contributed by atoms with Crippen molar-refractivity contribution in [3.05, 3.63) is 85.4 Å². The summed E-state index contributed by atoms with van der Waals surface area (Å²) in [5.41, 5.74) is 15.5. The Bertz CT molecular complexity index is 1090. The smallest absolute Gasteiger partial charge is 0.104 e. The molecule has 1 heteroatoms. The third-order valence-electron chi connectivity index (χ3n) is 8.51. The van der Waals surface area contributed by atoms with Crippen LogP contribution < -0.4 is 0 Å². The summed E-state index contributed by atoms with van der Waals surface area (Å²) < 4.78 is 5.96. The van der Waals surface area contributed by atoms with Crippen LogP contribution in [-0.2, 0) is 4.74 Å². The molecular formula is C33H46O. The van der Waals surface area contributed by atoms with Gasteiger partial charge in [0.1, 0.15) is 11.5 Å². The molecule has 34 heavy (non-hydrogen) atoms. The maximum Gasteiger partial charge on any atom is 0.104 e. The van der Waals surface area contributed by atoms with E-state index in [1.165, 1.54) is 68.5 Å². The highest BCUT2D eigenvalue weighted by molar-refractivity contribution is 5.72. The molecule has 0 amide bonds. The highest BCUT2D eigenvalue weighted by Gasteiger charge is 2.33. The molecule has 1 aliphatic carbocycles. The Morgan fingerprint density at radius 2 is 1.41 bits per heavy atom. The van der Waals surface area contributed by atoms with Crippen molar-refractivity contribution in [3.8, 4) is 0 Å². The molecule has 1 aliphatic heterocycles. The fraction of sp³-hybridized carbons (Fsp3) is 0.515. The molecule has 0 saturated heterocycles. The van der Waals surface area contributed by atoms with Crippen LogP contribution in [0.4, 0.5) is 0 Å². The fourth-order valence-corrected chi connectivity index (χ4v) is 6.40. The van der Waals surface area contributed by atoms with Gasteiger partial charge in [-0.15, -0.1) is 0 Å². The van der Waals surface area contributed by atoms with Crippen LogP contribution in [0.2, 0.25) is 0 Å². The van der Waals surface area contributed by atoms with Crippen molar-refractivity contribution in [1.29, 1.82) is 0 Å². The van der Waals surface area contributed by atoms with Gasteiger partial charge in [0.25, 0.3) is 0 Å². The zero-order valence-electron chi connectivity index (χ0n) is 23.8. The SMILES string of the molecule is CC(/C=C1/CCC(/C=C(\C)c2c(C)c(C)cc(C)c2C)C1C(C)C)=C1C(C)=C(C)OC(C)=C1C. The average molecular weight is 459 g/mol. The van der Waals surface area contributed by atoms with E-state index < -0.39 is 0 Å². The molecule has 0 bridgehead atoms. The molecule has 1 saturated carbocycles. The number of hydrogen-bond donors (Lipinski definition) is 0. The first-order valence-corrected chi connectivity index (χ1v) is 13.1. The van der Waals surface area contributed by atoms with E-state index in [0.29, 0.717) is 17.8 Å². The van der Waals surface area contributed by atoms with Gasteiger partial charge in [-0.3, -0.25) is 0 Å². The van der Waals surface area contributed by atoms with E-state index in [-0.39, 0.29) is 0 Å². The molecule has 0 N–H and O–H groups in total. The van der Waals surface area contributed by atoms with Crippen molar-refractivity contribution in [1.82, 2.24) is 0 Å². The molecule has 3 rings (SSSR count). The Morgan fingerprint density at radius 3 is 1.91 bits per heavy atom. The van der Waals surface area contributed by atoms with Crippen LogP contribution in [0.15, 0.2) is 57.6 Å². The Labute approximate surface area is 209 Å². The van der Waals surface area contributed by atoms with Crippen molar-refractivity contribution in [3.63, 3.8) is 0 Å². The minimum Gasteiger partial charge on any atom is -0.466 e. The largest absolute Gasteiger partial charge is 0.466 e. The molecular weight excluding hydrogens is 412 g/mol. The van der Waals surface area contributed by atoms with Crippen molar-refractivity contribution in [2.24, 2.45) is 17.8 Å². The first kappa shape index (κ1) is 26.3. The predicted molar refractivity (Wildman–Crippen MR) is 149 cm³/mol. The second kappa shape index (κ2) is 10.1. The van der Waals surface area contributed by atoms with Crippen LogP contribution in [0.3, 0.4) is 0 Å². The third kappa shape index (κ3) is 4.90. The van der Waals surface area contributed by atoms with Crippen molar-refractivity contribution in [2.45, 2.75) is 95.9 Å². The second-order valence-electron chi connectivity index (χ2n) is 11.2. The molecule has 0 radical (unpaired) electrons. The highest BCUT2D eigenvalue weighted by Crippen LogP contribution is 2.45. The van der Waals surface area contributed by atoms with Gasteiger partial charge in [-0.25, -0.2) is 0 Å². The highest BCUT2D eigenvalue weighted by atomic mass is 16.5. The summed E-state index contributed by atoms with van der Waals surface area (Å²) in [6, 6.07) is 2.33. The number of allylic oxidation sites excluding steroid dienone is 10. The molecule has 0 aromatic heterocycles. The minimum absolute atomic E-state index is 0.590. The van der Waals surface area contributed by atoms with E-state index in [0.717, 1.165) is 11.5 Å². The summed E-state index contributed by atoms with van der Waals surface area (Å²) in [6.07, 6.45) is 7.53. The van der Waals surface area contributed by atoms with Crippen LogP contribution in [0.5, 0.6) is 0 Å². The lowest BCUT2D eigenvalue weighted by Gasteiger charge is -2.26. The van der Waals surface area contributed by atoms with E-state index >= 15 is 0 Å². The molecule has 1 aromatic rings. The number of benzene rings is 1. The lowest BCUT2D eigenvalue weighted by Crippen LogP contribution is -2.15. The first-order chi connectivity index (χ1) is 15.8. The van der Waals surface area contributed by atoms with Gasteiger partial charge < -0.3 is 4.74 Å². The zero-order valence-corrected chi connectivity index (χ0v) is 23.8. The topological polar surface area (TPSA) is 9.23 Å². The second-order valence-corrected chi connectivity index (χ2v) is 11.2. The molecule has 184 valence electrons. The lowest BCUT2D eigenvalue weighted by molar-refractivity contribution is 0.295. The van der Waals surface area contributed by atoms with Crippen molar-refractivity contribution >= 4 is 5.57 Å². The van der Waals surface area contributed by atoms with Crippen LogP contribution >= 0.6 is 0 Å². The molecule has 1 fully saturated rings. The average Bonchev–Trinajstić information content (AvgIpc) is 3.13. The number of hydrogen-bond acceptors (Lipinski definition) is 1. The molecule has 1 aromatic carbocycles. The van der Waals surface area contributed by atoms with Crippen molar-refractivity contribution in [2.75, 3.05) is 0 Å². The summed E-state index contributed by atoms with van der Waals surface area (Å²) in [4.78, 5) is 0. The van der Waals surface area contributed by atoms with Crippen LogP contribution in [0.1, 0.15) is 96.0 Å².